The van der Waals surface area contributed by atoms with Crippen molar-refractivity contribution in [3.8, 4) is 0 Å². The number of ether oxygens (including phenoxy) is 1. The third-order valence-corrected chi connectivity index (χ3v) is 4.45. The lowest BCUT2D eigenvalue weighted by atomic mass is 10.1. The first-order chi connectivity index (χ1) is 12.0. The van der Waals surface area contributed by atoms with Crippen molar-refractivity contribution in [1.82, 2.24) is 9.80 Å². The van der Waals surface area contributed by atoms with Crippen molar-refractivity contribution < 1.29 is 19.1 Å². The van der Waals surface area contributed by atoms with E-state index in [-0.39, 0.29) is 30.6 Å². The standard InChI is InChI=1S/C19H26N2O4/c1-15-4-6-16(7-5-15)14-18(23)21-11-3-10-20(12-13-21)17(22)8-9-19(24)25-2/h4-7H,3,8-14H2,1-2H3. The molecule has 0 unspecified atom stereocenters. The molecule has 1 aliphatic heterocycles. The summed E-state index contributed by atoms with van der Waals surface area (Å²) < 4.78 is 4.56. The first kappa shape index (κ1) is 19.0. The summed E-state index contributed by atoms with van der Waals surface area (Å²) >= 11 is 0. The van der Waals surface area contributed by atoms with Crippen LogP contribution in [0, 0.1) is 6.92 Å². The lowest BCUT2D eigenvalue weighted by Crippen LogP contribution is -2.38. The zero-order valence-electron chi connectivity index (χ0n) is 15.0. The number of benzene rings is 1. The van der Waals surface area contributed by atoms with Crippen LogP contribution in [0.2, 0.25) is 0 Å². The highest BCUT2D eigenvalue weighted by molar-refractivity contribution is 5.82. The van der Waals surface area contributed by atoms with Crippen molar-refractivity contribution in [2.24, 2.45) is 0 Å². The Hall–Kier alpha value is -2.37. The van der Waals surface area contributed by atoms with E-state index < -0.39 is 0 Å². The van der Waals surface area contributed by atoms with Gasteiger partial charge in [-0.3, -0.25) is 14.4 Å². The van der Waals surface area contributed by atoms with Gasteiger partial charge in [0.05, 0.1) is 20.0 Å². The van der Waals surface area contributed by atoms with Gasteiger partial charge < -0.3 is 14.5 Å². The van der Waals surface area contributed by atoms with E-state index in [0.717, 1.165) is 12.0 Å². The molecular weight excluding hydrogens is 320 g/mol. The first-order valence-corrected chi connectivity index (χ1v) is 8.67. The fraction of sp³-hybridized carbons (Fsp3) is 0.526. The molecule has 1 fully saturated rings. The summed E-state index contributed by atoms with van der Waals surface area (Å²) in [5, 5.41) is 0. The highest BCUT2D eigenvalue weighted by Gasteiger charge is 2.22. The zero-order valence-corrected chi connectivity index (χ0v) is 15.0. The molecule has 0 aliphatic carbocycles. The number of rotatable bonds is 5. The molecular formula is C19H26N2O4. The van der Waals surface area contributed by atoms with E-state index in [4.69, 9.17) is 0 Å². The Kier molecular flexibility index (Phi) is 6.98. The number of carbonyl (C=O) groups excluding carboxylic acids is 3. The molecule has 6 heteroatoms. The number of hydrogen-bond donors (Lipinski definition) is 0. The van der Waals surface area contributed by atoms with E-state index in [1.807, 2.05) is 36.1 Å². The molecule has 0 N–H and O–H groups in total. The highest BCUT2D eigenvalue weighted by Crippen LogP contribution is 2.10. The third kappa shape index (κ3) is 5.89. The van der Waals surface area contributed by atoms with Gasteiger partial charge in [0, 0.05) is 32.6 Å². The number of methoxy groups -OCH3 is 1. The SMILES string of the molecule is COC(=O)CCC(=O)N1CCCN(C(=O)Cc2ccc(C)cc2)CC1. The smallest absolute Gasteiger partial charge is 0.306 e. The van der Waals surface area contributed by atoms with Crippen LogP contribution < -0.4 is 0 Å². The van der Waals surface area contributed by atoms with E-state index in [1.165, 1.54) is 12.7 Å². The van der Waals surface area contributed by atoms with E-state index in [2.05, 4.69) is 4.74 Å². The summed E-state index contributed by atoms with van der Waals surface area (Å²) in [6.07, 6.45) is 1.39. The summed E-state index contributed by atoms with van der Waals surface area (Å²) in [6.45, 7) is 4.35. The summed E-state index contributed by atoms with van der Waals surface area (Å²) in [5.41, 5.74) is 2.18. The van der Waals surface area contributed by atoms with E-state index in [1.54, 1.807) is 4.90 Å². The molecule has 0 aromatic heterocycles. The highest BCUT2D eigenvalue weighted by atomic mass is 16.5. The summed E-state index contributed by atoms with van der Waals surface area (Å²) in [4.78, 5) is 39.4. The maximum Gasteiger partial charge on any atom is 0.306 e. The van der Waals surface area contributed by atoms with Gasteiger partial charge in [0.1, 0.15) is 0 Å². The van der Waals surface area contributed by atoms with Crippen LogP contribution in [-0.2, 0) is 25.5 Å². The molecule has 6 nitrogen and oxygen atoms in total. The molecule has 1 aromatic carbocycles. The number of esters is 1. The van der Waals surface area contributed by atoms with Crippen molar-refractivity contribution in [1.29, 1.82) is 0 Å². The molecule has 2 amide bonds. The lowest BCUT2D eigenvalue weighted by molar-refractivity contribution is -0.143. The van der Waals surface area contributed by atoms with E-state index in [9.17, 15) is 14.4 Å². The number of amides is 2. The maximum atomic E-state index is 12.5. The van der Waals surface area contributed by atoms with Gasteiger partial charge in [0.15, 0.2) is 0 Å². The average molecular weight is 346 g/mol. The molecule has 25 heavy (non-hydrogen) atoms. The van der Waals surface area contributed by atoms with Crippen molar-refractivity contribution in [2.75, 3.05) is 33.3 Å². The second-order valence-electron chi connectivity index (χ2n) is 6.35. The largest absolute Gasteiger partial charge is 0.469 e. The Morgan fingerprint density at radius 1 is 0.920 bits per heavy atom. The van der Waals surface area contributed by atoms with Crippen molar-refractivity contribution in [3.05, 3.63) is 35.4 Å². The van der Waals surface area contributed by atoms with Crippen LogP contribution in [0.1, 0.15) is 30.4 Å². The topological polar surface area (TPSA) is 66.9 Å². The van der Waals surface area contributed by atoms with Gasteiger partial charge in [-0.1, -0.05) is 29.8 Å². The minimum Gasteiger partial charge on any atom is -0.469 e. The predicted octanol–water partition coefficient (Wildman–Crippen LogP) is 1.55. The Morgan fingerprint density at radius 2 is 1.52 bits per heavy atom. The molecule has 1 saturated heterocycles. The van der Waals surface area contributed by atoms with Crippen LogP contribution in [0.5, 0.6) is 0 Å². The van der Waals surface area contributed by atoms with Crippen LogP contribution in [0.3, 0.4) is 0 Å². The van der Waals surface area contributed by atoms with E-state index in [0.29, 0.717) is 32.6 Å². The molecule has 0 bridgehead atoms. The molecule has 136 valence electrons. The monoisotopic (exact) mass is 346 g/mol. The number of carbonyl (C=O) groups is 3. The molecule has 2 rings (SSSR count). The summed E-state index contributed by atoms with van der Waals surface area (Å²) in [5.74, 6) is -0.343. The van der Waals surface area contributed by atoms with E-state index >= 15 is 0 Å². The predicted molar refractivity (Wildman–Crippen MR) is 93.9 cm³/mol. The normalized spacial score (nSPS) is 14.8. The molecule has 0 radical (unpaired) electrons. The third-order valence-electron chi connectivity index (χ3n) is 4.45. The lowest BCUT2D eigenvalue weighted by Gasteiger charge is -2.22. The quantitative estimate of drug-likeness (QED) is 0.759. The number of aryl methyl sites for hydroxylation is 1. The second kappa shape index (κ2) is 9.20. The fourth-order valence-corrected chi connectivity index (χ4v) is 2.88. The van der Waals surface area contributed by atoms with Crippen LogP contribution in [-0.4, -0.2) is 60.9 Å². The van der Waals surface area contributed by atoms with Crippen molar-refractivity contribution in [2.45, 2.75) is 32.6 Å². The minimum absolute atomic E-state index is 0.0572. The molecule has 0 atom stereocenters. The van der Waals surface area contributed by atoms with Gasteiger partial charge in [-0.15, -0.1) is 0 Å². The Balaban J connectivity index is 1.83. The fourth-order valence-electron chi connectivity index (χ4n) is 2.88. The molecule has 1 heterocycles. The minimum atomic E-state index is -0.377. The Bertz CT molecular complexity index is 612. The van der Waals surface area contributed by atoms with Crippen LogP contribution in [0.25, 0.3) is 0 Å². The molecule has 1 aliphatic rings. The van der Waals surface area contributed by atoms with Gasteiger partial charge in [-0.25, -0.2) is 0 Å². The second-order valence-corrected chi connectivity index (χ2v) is 6.35. The summed E-state index contributed by atoms with van der Waals surface area (Å²) in [7, 11) is 1.32. The molecule has 0 spiro atoms. The van der Waals surface area contributed by atoms with Gasteiger partial charge in [0.25, 0.3) is 0 Å². The van der Waals surface area contributed by atoms with Gasteiger partial charge >= 0.3 is 5.97 Å². The van der Waals surface area contributed by atoms with Crippen LogP contribution in [0.4, 0.5) is 0 Å². The molecule has 1 aromatic rings. The average Bonchev–Trinajstić information content (AvgIpc) is 2.87. The van der Waals surface area contributed by atoms with Crippen LogP contribution >= 0.6 is 0 Å². The van der Waals surface area contributed by atoms with Gasteiger partial charge in [0.2, 0.25) is 11.8 Å². The first-order valence-electron chi connectivity index (χ1n) is 8.67. The number of nitrogens with zero attached hydrogens (tertiary/aromatic N) is 2. The maximum absolute atomic E-state index is 12.5. The van der Waals surface area contributed by atoms with Gasteiger partial charge in [-0.2, -0.15) is 0 Å². The van der Waals surface area contributed by atoms with Crippen LogP contribution in [0.15, 0.2) is 24.3 Å². The van der Waals surface area contributed by atoms with Crippen molar-refractivity contribution in [3.63, 3.8) is 0 Å². The molecule has 0 saturated carbocycles. The van der Waals surface area contributed by atoms with Gasteiger partial charge in [-0.05, 0) is 18.9 Å². The zero-order chi connectivity index (χ0) is 18.2. The Labute approximate surface area is 148 Å². The van der Waals surface area contributed by atoms with Crippen molar-refractivity contribution >= 4 is 17.8 Å². The number of hydrogen-bond acceptors (Lipinski definition) is 4. The summed E-state index contributed by atoms with van der Waals surface area (Å²) in [6, 6.07) is 7.97. The Morgan fingerprint density at radius 3 is 2.12 bits per heavy atom.